The number of amides is 2. The first-order valence-electron chi connectivity index (χ1n) is 9.27. The van der Waals surface area contributed by atoms with Crippen molar-refractivity contribution >= 4 is 40.0 Å². The van der Waals surface area contributed by atoms with Crippen LogP contribution in [-0.2, 0) is 16.0 Å². The summed E-state index contributed by atoms with van der Waals surface area (Å²) in [5, 5.41) is 11.8. The minimum atomic E-state index is -0.393. The summed E-state index contributed by atoms with van der Waals surface area (Å²) in [4.78, 5) is 26.4. The molecule has 1 aliphatic heterocycles. The molecule has 2 atom stereocenters. The third kappa shape index (κ3) is 5.51. The minimum absolute atomic E-state index is 0.0347. The van der Waals surface area contributed by atoms with E-state index in [1.54, 1.807) is 28.8 Å². The molecule has 0 radical (unpaired) electrons. The molecular weight excluding hydrogens is 399 g/mol. The number of thioether (sulfide) groups is 1. The average Bonchev–Trinajstić information content (AvgIpc) is 3.27. The topological polar surface area (TPSA) is 75.2 Å². The van der Waals surface area contributed by atoms with Crippen LogP contribution < -0.4 is 5.32 Å². The Kier molecular flexibility index (Phi) is 7.01. The number of carbonyl (C=O) groups is 2. The molecule has 150 valence electrons. The van der Waals surface area contributed by atoms with Gasteiger partial charge in [-0.1, -0.05) is 49.1 Å². The minimum Gasteiger partial charge on any atom is -0.342 e. The summed E-state index contributed by atoms with van der Waals surface area (Å²) in [7, 11) is 0. The summed E-state index contributed by atoms with van der Waals surface area (Å²) in [6, 6.07) is 6.25. The number of nitrogens with zero attached hydrogens (tertiary/aromatic N) is 3. The molecule has 3 rings (SSSR count). The van der Waals surface area contributed by atoms with Gasteiger partial charge in [-0.25, -0.2) is 4.39 Å². The third-order valence-corrected chi connectivity index (χ3v) is 6.87. The summed E-state index contributed by atoms with van der Waals surface area (Å²) < 4.78 is 13.8. The van der Waals surface area contributed by atoms with Gasteiger partial charge < -0.3 is 10.2 Å². The highest BCUT2D eigenvalue weighted by atomic mass is 32.2. The first-order chi connectivity index (χ1) is 13.4. The fraction of sp³-hybridized carbons (Fsp3) is 0.474. The van der Waals surface area contributed by atoms with Gasteiger partial charge in [-0.2, -0.15) is 0 Å². The Morgan fingerprint density at radius 2 is 2.14 bits per heavy atom. The van der Waals surface area contributed by atoms with Crippen LogP contribution >= 0.6 is 23.1 Å². The van der Waals surface area contributed by atoms with Crippen LogP contribution in [0.5, 0.6) is 0 Å². The van der Waals surface area contributed by atoms with Gasteiger partial charge in [0.25, 0.3) is 0 Å². The van der Waals surface area contributed by atoms with Crippen molar-refractivity contribution in [2.24, 2.45) is 5.92 Å². The van der Waals surface area contributed by atoms with E-state index < -0.39 is 5.92 Å². The molecule has 2 aromatic rings. The van der Waals surface area contributed by atoms with Crippen LogP contribution in [0.2, 0.25) is 0 Å². The van der Waals surface area contributed by atoms with E-state index in [1.165, 1.54) is 23.5 Å². The van der Waals surface area contributed by atoms with Crippen molar-refractivity contribution in [2.45, 2.75) is 42.7 Å². The molecule has 1 aromatic heterocycles. The molecule has 1 fully saturated rings. The summed E-state index contributed by atoms with van der Waals surface area (Å²) in [5.41, 5.74) is 0.960. The second-order valence-electron chi connectivity index (χ2n) is 6.82. The smallest absolute Gasteiger partial charge is 0.231 e. The number of nitrogens with one attached hydrogen (secondary N) is 1. The molecule has 6 nitrogen and oxygen atoms in total. The SMILES string of the molecule is CC[C@@H](C)Sc1nnc(NC(=O)[C@H]2CC(=O)N(CCc3ccc(F)cc3)C2)s1. The number of hydrogen-bond donors (Lipinski definition) is 1. The predicted molar refractivity (Wildman–Crippen MR) is 109 cm³/mol. The van der Waals surface area contributed by atoms with Gasteiger partial charge in [-0.05, 0) is 30.5 Å². The highest BCUT2D eigenvalue weighted by molar-refractivity contribution is 8.01. The molecule has 1 saturated heterocycles. The molecular formula is C19H23FN4O2S2. The van der Waals surface area contributed by atoms with Gasteiger partial charge in [0.05, 0.1) is 5.92 Å². The summed E-state index contributed by atoms with van der Waals surface area (Å²) in [6.07, 6.45) is 1.86. The lowest BCUT2D eigenvalue weighted by atomic mass is 10.1. The predicted octanol–water partition coefficient (Wildman–Crippen LogP) is 3.60. The number of aromatic nitrogens is 2. The van der Waals surface area contributed by atoms with E-state index in [9.17, 15) is 14.0 Å². The normalized spacial score (nSPS) is 17.8. The van der Waals surface area contributed by atoms with Crippen LogP contribution in [0.4, 0.5) is 9.52 Å². The molecule has 9 heteroatoms. The molecule has 1 aromatic carbocycles. The molecule has 0 saturated carbocycles. The van der Waals surface area contributed by atoms with E-state index in [2.05, 4.69) is 29.4 Å². The zero-order valence-electron chi connectivity index (χ0n) is 15.9. The first-order valence-corrected chi connectivity index (χ1v) is 11.0. The molecule has 28 heavy (non-hydrogen) atoms. The summed E-state index contributed by atoms with van der Waals surface area (Å²) in [5.74, 6) is -0.906. The number of rotatable bonds is 8. The van der Waals surface area contributed by atoms with E-state index in [0.717, 1.165) is 16.3 Å². The van der Waals surface area contributed by atoms with Crippen molar-refractivity contribution in [3.05, 3.63) is 35.6 Å². The quantitative estimate of drug-likeness (QED) is 0.520. The van der Waals surface area contributed by atoms with E-state index in [0.29, 0.717) is 29.9 Å². The fourth-order valence-corrected chi connectivity index (χ4v) is 4.85. The van der Waals surface area contributed by atoms with E-state index in [4.69, 9.17) is 0 Å². The van der Waals surface area contributed by atoms with Crippen molar-refractivity contribution in [3.8, 4) is 0 Å². The lowest BCUT2D eigenvalue weighted by Crippen LogP contribution is -2.30. The first kappa shape index (κ1) is 20.7. The number of carbonyl (C=O) groups excluding carboxylic acids is 2. The number of halogens is 1. The molecule has 0 aliphatic carbocycles. The van der Waals surface area contributed by atoms with Crippen molar-refractivity contribution in [1.82, 2.24) is 15.1 Å². The maximum Gasteiger partial charge on any atom is 0.231 e. The Hall–Kier alpha value is -2.00. The van der Waals surface area contributed by atoms with Gasteiger partial charge in [0.2, 0.25) is 16.9 Å². The van der Waals surface area contributed by atoms with Crippen molar-refractivity contribution in [1.29, 1.82) is 0 Å². The van der Waals surface area contributed by atoms with E-state index >= 15 is 0 Å². The van der Waals surface area contributed by atoms with Gasteiger partial charge in [0, 0.05) is 24.8 Å². The molecule has 0 unspecified atom stereocenters. The third-order valence-electron chi connectivity index (χ3n) is 4.68. The zero-order valence-corrected chi connectivity index (χ0v) is 17.5. The van der Waals surface area contributed by atoms with Crippen LogP contribution in [0, 0.1) is 11.7 Å². The van der Waals surface area contributed by atoms with Crippen molar-refractivity contribution in [3.63, 3.8) is 0 Å². The van der Waals surface area contributed by atoms with Gasteiger partial charge >= 0.3 is 0 Å². The lowest BCUT2D eigenvalue weighted by molar-refractivity contribution is -0.128. The van der Waals surface area contributed by atoms with Gasteiger partial charge in [-0.15, -0.1) is 10.2 Å². The van der Waals surface area contributed by atoms with Crippen LogP contribution in [0.1, 0.15) is 32.3 Å². The van der Waals surface area contributed by atoms with E-state index in [-0.39, 0.29) is 24.1 Å². The monoisotopic (exact) mass is 422 g/mol. The molecule has 1 N–H and O–H groups in total. The summed E-state index contributed by atoms with van der Waals surface area (Å²) in [6.45, 7) is 5.14. The maximum atomic E-state index is 13.0. The Balaban J connectivity index is 1.50. The largest absolute Gasteiger partial charge is 0.342 e. The molecule has 1 aliphatic rings. The highest BCUT2D eigenvalue weighted by Crippen LogP contribution is 2.30. The van der Waals surface area contributed by atoms with Crippen molar-refractivity contribution in [2.75, 3.05) is 18.4 Å². The zero-order chi connectivity index (χ0) is 20.1. The number of anilines is 1. The number of likely N-dealkylation sites (tertiary alicyclic amines) is 1. The molecule has 2 amide bonds. The highest BCUT2D eigenvalue weighted by Gasteiger charge is 2.34. The second-order valence-corrected chi connectivity index (χ2v) is 9.48. The Morgan fingerprint density at radius 1 is 1.39 bits per heavy atom. The maximum absolute atomic E-state index is 13.0. The van der Waals surface area contributed by atoms with Crippen LogP contribution in [0.25, 0.3) is 0 Å². The van der Waals surface area contributed by atoms with Gasteiger partial charge in [0.1, 0.15) is 5.82 Å². The Bertz CT molecular complexity index is 828. The van der Waals surface area contributed by atoms with Crippen molar-refractivity contribution < 1.29 is 14.0 Å². The lowest BCUT2D eigenvalue weighted by Gasteiger charge is -2.16. The van der Waals surface area contributed by atoms with Crippen LogP contribution in [0.15, 0.2) is 28.6 Å². The van der Waals surface area contributed by atoms with Crippen LogP contribution in [0.3, 0.4) is 0 Å². The summed E-state index contributed by atoms with van der Waals surface area (Å²) >= 11 is 2.99. The molecule has 0 bridgehead atoms. The Morgan fingerprint density at radius 3 is 2.86 bits per heavy atom. The Labute approximate surface area is 171 Å². The second kappa shape index (κ2) is 9.47. The fourth-order valence-electron chi connectivity index (χ4n) is 2.85. The molecule has 0 spiro atoms. The van der Waals surface area contributed by atoms with Gasteiger partial charge in [0.15, 0.2) is 4.34 Å². The number of benzene rings is 1. The van der Waals surface area contributed by atoms with Crippen LogP contribution in [-0.4, -0.2) is 45.3 Å². The molecule has 2 heterocycles. The standard InChI is InChI=1S/C19H23FN4O2S2/c1-3-12(2)27-19-23-22-18(28-19)21-17(26)14-10-16(25)24(11-14)9-8-13-4-6-15(20)7-5-13/h4-7,12,14H,3,8-11H2,1-2H3,(H,21,22,26)/t12-,14+/m1/s1. The van der Waals surface area contributed by atoms with E-state index in [1.807, 2.05) is 0 Å². The number of hydrogen-bond acceptors (Lipinski definition) is 6. The van der Waals surface area contributed by atoms with Gasteiger partial charge in [-0.3, -0.25) is 9.59 Å². The average molecular weight is 423 g/mol.